The van der Waals surface area contributed by atoms with Crippen molar-refractivity contribution in [2.75, 3.05) is 17.3 Å². The van der Waals surface area contributed by atoms with Gasteiger partial charge in [-0.25, -0.2) is 13.6 Å². The third-order valence-corrected chi connectivity index (χ3v) is 4.75. The highest BCUT2D eigenvalue weighted by Gasteiger charge is 2.19. The van der Waals surface area contributed by atoms with Crippen LogP contribution in [0.1, 0.15) is 10.4 Å². The van der Waals surface area contributed by atoms with Crippen LogP contribution >= 0.6 is 23.2 Å². The summed E-state index contributed by atoms with van der Waals surface area (Å²) in [5.41, 5.74) is 0.949. The minimum absolute atomic E-state index is 0.285. The van der Waals surface area contributed by atoms with E-state index in [-0.39, 0.29) is 5.69 Å². The van der Waals surface area contributed by atoms with Crippen LogP contribution in [0.4, 0.5) is 30.6 Å². The van der Waals surface area contributed by atoms with Crippen molar-refractivity contribution in [1.82, 2.24) is 5.32 Å². The van der Waals surface area contributed by atoms with Gasteiger partial charge in [-0.2, -0.15) is 0 Å². The van der Waals surface area contributed by atoms with Gasteiger partial charge in [0.1, 0.15) is 17.2 Å². The predicted octanol–water partition coefficient (Wildman–Crippen LogP) is 6.00. The molecule has 0 radical (unpaired) electrons. The van der Waals surface area contributed by atoms with Crippen LogP contribution in [0.15, 0.2) is 60.7 Å². The van der Waals surface area contributed by atoms with Gasteiger partial charge in [-0.3, -0.25) is 10.1 Å². The summed E-state index contributed by atoms with van der Waals surface area (Å²) in [7, 11) is 1.81. The lowest BCUT2D eigenvalue weighted by Gasteiger charge is -2.21. The van der Waals surface area contributed by atoms with Gasteiger partial charge in [-0.05, 0) is 54.6 Å². The Kier molecular flexibility index (Phi) is 6.54. The number of hydrogen-bond acceptors (Lipinski definition) is 3. The van der Waals surface area contributed by atoms with E-state index in [0.29, 0.717) is 15.7 Å². The van der Waals surface area contributed by atoms with Crippen molar-refractivity contribution in [1.29, 1.82) is 0 Å². The van der Waals surface area contributed by atoms with E-state index in [1.807, 2.05) is 29.4 Å². The summed E-state index contributed by atoms with van der Waals surface area (Å²) >= 11 is 12.2. The van der Waals surface area contributed by atoms with E-state index >= 15 is 0 Å². The van der Waals surface area contributed by atoms with E-state index < -0.39 is 29.1 Å². The Morgan fingerprint density at radius 3 is 2.17 bits per heavy atom. The van der Waals surface area contributed by atoms with E-state index in [0.717, 1.165) is 23.9 Å². The average Bonchev–Trinajstić information content (AvgIpc) is 2.68. The summed E-state index contributed by atoms with van der Waals surface area (Å²) in [6.45, 7) is 0. The van der Waals surface area contributed by atoms with Crippen LogP contribution in [0.2, 0.25) is 10.0 Å². The fraction of sp³-hybridized carbons (Fsp3) is 0.0476. The zero-order chi connectivity index (χ0) is 21.8. The molecule has 0 bridgehead atoms. The van der Waals surface area contributed by atoms with E-state index in [9.17, 15) is 18.4 Å². The first kappa shape index (κ1) is 21.5. The van der Waals surface area contributed by atoms with E-state index in [2.05, 4.69) is 5.32 Å². The number of benzene rings is 3. The second-order valence-corrected chi connectivity index (χ2v) is 7.05. The molecule has 9 heteroatoms. The molecule has 30 heavy (non-hydrogen) atoms. The lowest BCUT2D eigenvalue weighted by molar-refractivity contribution is 0.0959. The Balaban J connectivity index is 1.70. The van der Waals surface area contributed by atoms with E-state index in [4.69, 9.17) is 23.2 Å². The molecule has 0 unspecified atom stereocenters. The molecular formula is C21H15Cl2F2N3O2. The average molecular weight is 450 g/mol. The molecule has 0 fully saturated rings. The molecule has 3 rings (SSSR count). The molecule has 2 N–H and O–H groups in total. The molecule has 0 saturated carbocycles. The summed E-state index contributed by atoms with van der Waals surface area (Å²) in [6.07, 6.45) is 0. The van der Waals surface area contributed by atoms with Gasteiger partial charge >= 0.3 is 6.03 Å². The molecule has 0 aliphatic carbocycles. The van der Waals surface area contributed by atoms with Crippen LogP contribution in [0.5, 0.6) is 0 Å². The normalized spacial score (nSPS) is 10.4. The minimum Gasteiger partial charge on any atom is -0.343 e. The highest BCUT2D eigenvalue weighted by Crippen LogP contribution is 2.33. The van der Waals surface area contributed by atoms with Crippen molar-refractivity contribution in [3.63, 3.8) is 0 Å². The van der Waals surface area contributed by atoms with Gasteiger partial charge in [0, 0.05) is 23.4 Å². The number of rotatable bonds is 4. The van der Waals surface area contributed by atoms with Crippen molar-refractivity contribution >= 4 is 52.2 Å². The molecule has 0 heterocycles. The molecule has 0 spiro atoms. The number of anilines is 3. The molecular weight excluding hydrogens is 435 g/mol. The third-order valence-electron chi connectivity index (χ3n) is 4.20. The standard InChI is InChI=1S/C21H15Cl2F2N3O2/c1-28(14-8-5-12(22)6-9-14)18-10-7-13(11-15(18)23)26-21(30)27-20(29)19-16(24)3-2-4-17(19)25/h2-11H,1H3,(H2,26,27,29,30). The van der Waals surface area contributed by atoms with Crippen LogP contribution < -0.4 is 15.5 Å². The third kappa shape index (κ3) is 4.87. The molecule has 3 aromatic carbocycles. The van der Waals surface area contributed by atoms with Crippen LogP contribution in [-0.4, -0.2) is 19.0 Å². The van der Waals surface area contributed by atoms with Crippen LogP contribution in [0.25, 0.3) is 0 Å². The fourth-order valence-electron chi connectivity index (χ4n) is 2.70. The molecule has 3 aromatic rings. The Hall–Kier alpha value is -3.16. The van der Waals surface area contributed by atoms with Crippen LogP contribution in [0, 0.1) is 11.6 Å². The first-order valence-electron chi connectivity index (χ1n) is 8.61. The van der Waals surface area contributed by atoms with Crippen LogP contribution in [-0.2, 0) is 0 Å². The highest BCUT2D eigenvalue weighted by atomic mass is 35.5. The molecule has 0 aromatic heterocycles. The number of imide groups is 1. The smallest absolute Gasteiger partial charge is 0.326 e. The van der Waals surface area contributed by atoms with E-state index in [1.54, 1.807) is 24.3 Å². The molecule has 154 valence electrons. The van der Waals surface area contributed by atoms with Gasteiger partial charge in [-0.1, -0.05) is 29.3 Å². The number of urea groups is 1. The van der Waals surface area contributed by atoms with Crippen molar-refractivity contribution in [3.8, 4) is 0 Å². The monoisotopic (exact) mass is 449 g/mol. The summed E-state index contributed by atoms with van der Waals surface area (Å²) < 4.78 is 27.3. The summed E-state index contributed by atoms with van der Waals surface area (Å²) in [6, 6.07) is 13.9. The second kappa shape index (κ2) is 9.11. The maximum Gasteiger partial charge on any atom is 0.326 e. The van der Waals surface area contributed by atoms with Gasteiger partial charge in [-0.15, -0.1) is 0 Å². The number of carbonyl (C=O) groups excluding carboxylic acids is 2. The minimum atomic E-state index is -1.20. The van der Waals surface area contributed by atoms with Gasteiger partial charge < -0.3 is 10.2 Å². The van der Waals surface area contributed by atoms with Crippen molar-refractivity contribution < 1.29 is 18.4 Å². The lowest BCUT2D eigenvalue weighted by Crippen LogP contribution is -2.35. The molecule has 0 saturated heterocycles. The zero-order valence-corrected chi connectivity index (χ0v) is 17.1. The SMILES string of the molecule is CN(c1ccc(Cl)cc1)c1ccc(NC(=O)NC(=O)c2c(F)cccc2F)cc1Cl. The first-order chi connectivity index (χ1) is 14.3. The quantitative estimate of drug-likeness (QED) is 0.513. The van der Waals surface area contributed by atoms with Crippen LogP contribution in [0.3, 0.4) is 0 Å². The number of halogens is 4. The number of hydrogen-bond donors (Lipinski definition) is 2. The molecule has 0 aliphatic heterocycles. The molecule has 0 aliphatic rings. The summed E-state index contributed by atoms with van der Waals surface area (Å²) in [4.78, 5) is 25.9. The zero-order valence-electron chi connectivity index (χ0n) is 15.5. The second-order valence-electron chi connectivity index (χ2n) is 6.21. The Bertz CT molecular complexity index is 1090. The van der Waals surface area contributed by atoms with Crippen molar-refractivity contribution in [2.45, 2.75) is 0 Å². The van der Waals surface area contributed by atoms with Gasteiger partial charge in [0.2, 0.25) is 0 Å². The Morgan fingerprint density at radius 1 is 0.933 bits per heavy atom. The number of nitrogens with zero attached hydrogens (tertiary/aromatic N) is 1. The van der Waals surface area contributed by atoms with Crippen molar-refractivity contribution in [3.05, 3.63) is 87.9 Å². The summed E-state index contributed by atoms with van der Waals surface area (Å²) in [5, 5.41) is 5.21. The van der Waals surface area contributed by atoms with Gasteiger partial charge in [0.25, 0.3) is 5.91 Å². The Morgan fingerprint density at radius 2 is 1.57 bits per heavy atom. The summed E-state index contributed by atoms with van der Waals surface area (Å²) in [5.74, 6) is -3.34. The molecule has 5 nitrogen and oxygen atoms in total. The maximum absolute atomic E-state index is 13.7. The first-order valence-corrected chi connectivity index (χ1v) is 9.37. The largest absolute Gasteiger partial charge is 0.343 e. The highest BCUT2D eigenvalue weighted by molar-refractivity contribution is 6.33. The number of nitrogens with one attached hydrogen (secondary N) is 2. The molecule has 0 atom stereocenters. The van der Waals surface area contributed by atoms with Gasteiger partial charge in [0.05, 0.1) is 10.7 Å². The topological polar surface area (TPSA) is 61.4 Å². The predicted molar refractivity (Wildman–Crippen MR) is 114 cm³/mol. The number of carbonyl (C=O) groups is 2. The molecule has 3 amide bonds. The van der Waals surface area contributed by atoms with E-state index in [1.165, 1.54) is 6.07 Å². The maximum atomic E-state index is 13.7. The lowest BCUT2D eigenvalue weighted by atomic mass is 10.2. The fourth-order valence-corrected chi connectivity index (χ4v) is 3.14. The Labute approximate surface area is 181 Å². The van der Waals surface area contributed by atoms with Crippen molar-refractivity contribution in [2.24, 2.45) is 0 Å². The van der Waals surface area contributed by atoms with Gasteiger partial charge in [0.15, 0.2) is 0 Å². The number of amides is 3.